The van der Waals surface area contributed by atoms with Crippen LogP contribution in [0.2, 0.25) is 0 Å². The summed E-state index contributed by atoms with van der Waals surface area (Å²) >= 11 is 0. The number of benzene rings is 11. The molecule has 4 nitrogen and oxygen atoms in total. The highest BCUT2D eigenvalue weighted by Gasteiger charge is 2.35. The Kier molecular flexibility index (Phi) is 12.0. The van der Waals surface area contributed by atoms with Crippen LogP contribution in [-0.2, 0) is 0 Å². The number of para-hydroxylation sites is 2. The van der Waals surface area contributed by atoms with Gasteiger partial charge in [0.25, 0.3) is 0 Å². The van der Waals surface area contributed by atoms with Crippen molar-refractivity contribution in [3.63, 3.8) is 0 Å². The highest BCUT2D eigenvalue weighted by Crippen LogP contribution is 2.75. The Hall–Kier alpha value is -9.07. The minimum atomic E-state index is -2.03. The molecule has 0 N–H and O–H groups in total. The summed E-state index contributed by atoms with van der Waals surface area (Å²) in [6.07, 6.45) is 0. The van der Waals surface area contributed by atoms with Crippen LogP contribution in [0.3, 0.4) is 0 Å². The van der Waals surface area contributed by atoms with Gasteiger partial charge in [0.2, 0.25) is 5.95 Å². The molecule has 11 aromatic carbocycles. The fraction of sp³-hybridized carbons (Fsp3) is 0. The lowest BCUT2D eigenvalue weighted by atomic mass is 10.1. The molecule has 6 heteroatoms. The van der Waals surface area contributed by atoms with E-state index in [9.17, 15) is 0 Å². The number of rotatable bonds is 12. The molecule has 358 valence electrons. The number of aromatic nitrogens is 4. The van der Waals surface area contributed by atoms with Crippen LogP contribution >= 0.6 is 20.1 Å². The summed E-state index contributed by atoms with van der Waals surface area (Å²) in [5.41, 5.74) is 6.23. The Balaban J connectivity index is 1.03. The van der Waals surface area contributed by atoms with E-state index in [2.05, 4.69) is 308 Å². The SMILES string of the molecule is c1ccc(-c2cccc(S(c3ccccc3)(c3ccccc3)c3ccc(-c4nc(-c5cccc(S(c6ccccc6)(c6ccccc6)c6ccccc6)c5)nc(-n5c6ccccc6c6ccccc65)n4)cc3)c2)cc1. The molecule has 75 heavy (non-hydrogen) atoms. The highest BCUT2D eigenvalue weighted by molar-refractivity contribution is 8.34. The largest absolute Gasteiger partial charge is 0.278 e. The maximum absolute atomic E-state index is 5.48. The topological polar surface area (TPSA) is 43.6 Å². The zero-order valence-electron chi connectivity index (χ0n) is 41.0. The minimum Gasteiger partial charge on any atom is -0.278 e. The van der Waals surface area contributed by atoms with E-state index in [1.807, 2.05) is 0 Å². The van der Waals surface area contributed by atoms with E-state index in [1.165, 1.54) is 50.3 Å². The van der Waals surface area contributed by atoms with E-state index in [0.29, 0.717) is 17.6 Å². The van der Waals surface area contributed by atoms with E-state index < -0.39 is 20.1 Å². The fourth-order valence-electron chi connectivity index (χ4n) is 10.7. The first kappa shape index (κ1) is 45.8. The van der Waals surface area contributed by atoms with Crippen LogP contribution in [-0.4, -0.2) is 19.5 Å². The van der Waals surface area contributed by atoms with E-state index in [4.69, 9.17) is 15.0 Å². The van der Waals surface area contributed by atoms with Gasteiger partial charge in [-0.1, -0.05) is 194 Å². The van der Waals surface area contributed by atoms with E-state index in [1.54, 1.807) is 0 Å². The van der Waals surface area contributed by atoms with Crippen LogP contribution in [0.25, 0.3) is 61.7 Å². The summed E-state index contributed by atoms with van der Waals surface area (Å²) in [7, 11) is -4.02. The molecule has 13 aromatic rings. The Morgan fingerprint density at radius 1 is 0.227 bits per heavy atom. The van der Waals surface area contributed by atoms with Gasteiger partial charge >= 0.3 is 0 Å². The number of hydrogen-bond acceptors (Lipinski definition) is 3. The molecule has 13 rings (SSSR count). The Morgan fingerprint density at radius 3 is 0.987 bits per heavy atom. The second-order valence-electron chi connectivity index (χ2n) is 18.4. The van der Waals surface area contributed by atoms with Gasteiger partial charge in [-0.3, -0.25) is 4.57 Å². The third-order valence-corrected chi connectivity index (χ3v) is 21.9. The van der Waals surface area contributed by atoms with E-state index >= 15 is 0 Å². The van der Waals surface area contributed by atoms with Crippen molar-refractivity contribution in [3.8, 4) is 39.9 Å². The van der Waals surface area contributed by atoms with Crippen LogP contribution in [0.15, 0.2) is 342 Å². The third-order valence-electron chi connectivity index (χ3n) is 14.1. The van der Waals surface area contributed by atoms with Crippen molar-refractivity contribution in [2.45, 2.75) is 39.2 Å². The minimum absolute atomic E-state index is 0.556. The molecule has 0 saturated heterocycles. The monoisotopic (exact) mass is 998 g/mol. The first-order chi connectivity index (χ1) is 37.2. The molecule has 0 amide bonds. The molecule has 0 saturated carbocycles. The van der Waals surface area contributed by atoms with Crippen molar-refractivity contribution in [2.75, 3.05) is 0 Å². The van der Waals surface area contributed by atoms with Crippen LogP contribution < -0.4 is 0 Å². The molecule has 0 aliphatic heterocycles. The molecule has 0 aliphatic rings. The van der Waals surface area contributed by atoms with Crippen LogP contribution in [0, 0.1) is 0 Å². The van der Waals surface area contributed by atoms with Crippen LogP contribution in [0.5, 0.6) is 0 Å². The molecule has 2 heterocycles. The zero-order valence-corrected chi connectivity index (χ0v) is 42.6. The second-order valence-corrected chi connectivity index (χ2v) is 24.6. The normalized spacial score (nSPS) is 12.2. The number of hydrogen-bond donors (Lipinski definition) is 0. The summed E-state index contributed by atoms with van der Waals surface area (Å²) < 4.78 is 2.20. The Labute approximate surface area is 441 Å². The lowest BCUT2D eigenvalue weighted by Gasteiger charge is -2.42. The smallest absolute Gasteiger partial charge is 0.238 e. The van der Waals surface area contributed by atoms with E-state index in [0.717, 1.165) is 32.9 Å². The van der Waals surface area contributed by atoms with Crippen molar-refractivity contribution in [1.82, 2.24) is 19.5 Å². The highest BCUT2D eigenvalue weighted by atomic mass is 32.3. The Bertz CT molecular complexity index is 3910. The molecule has 0 unspecified atom stereocenters. The molecule has 0 atom stereocenters. The van der Waals surface area contributed by atoms with Gasteiger partial charge in [0, 0.05) is 61.1 Å². The predicted molar refractivity (Wildman–Crippen MR) is 310 cm³/mol. The maximum atomic E-state index is 5.48. The van der Waals surface area contributed by atoms with Crippen molar-refractivity contribution in [3.05, 3.63) is 303 Å². The van der Waals surface area contributed by atoms with Crippen molar-refractivity contribution in [2.24, 2.45) is 0 Å². The second kappa shape index (κ2) is 19.7. The molecule has 0 spiro atoms. The lowest BCUT2D eigenvalue weighted by molar-refractivity contribution is 0.952. The summed E-state index contributed by atoms with van der Waals surface area (Å²) in [4.78, 5) is 26.3. The van der Waals surface area contributed by atoms with E-state index in [-0.39, 0.29) is 0 Å². The number of fused-ring (bicyclic) bond motifs is 3. The van der Waals surface area contributed by atoms with Crippen LogP contribution in [0.4, 0.5) is 0 Å². The first-order valence-electron chi connectivity index (χ1n) is 25.2. The zero-order chi connectivity index (χ0) is 50.0. The van der Waals surface area contributed by atoms with Crippen molar-refractivity contribution < 1.29 is 0 Å². The quantitative estimate of drug-likeness (QED) is 0.122. The first-order valence-corrected chi connectivity index (χ1v) is 28.5. The molecule has 0 aliphatic carbocycles. The summed E-state index contributed by atoms with van der Waals surface area (Å²) in [5, 5.41) is 2.28. The number of nitrogens with zero attached hydrogens (tertiary/aromatic N) is 4. The van der Waals surface area contributed by atoms with Gasteiger partial charge in [-0.25, -0.2) is 4.98 Å². The standard InChI is InChI=1S/C69H50N4S2/c1-7-25-51(26-8-1)53-27-23-39-61(49-53)75(58-35-15-5-16-36-58,59-37-17-6-18-38-59)60-47-45-52(46-48-60)67-70-68(72-69(71-67)73-65-43-21-19-41-63(65)64-42-20-22-44-66(64)73)54-28-24-40-62(50-54)74(55-29-9-2-10-30-55,56-31-11-3-12-32-56)57-33-13-4-14-34-57/h1-50H. The van der Waals surface area contributed by atoms with Gasteiger partial charge < -0.3 is 0 Å². The summed E-state index contributed by atoms with van der Waals surface area (Å²) in [6.45, 7) is 0. The molecular weight excluding hydrogens is 949 g/mol. The molecular formula is C69H50N4S2. The van der Waals surface area contributed by atoms with Crippen molar-refractivity contribution in [1.29, 1.82) is 0 Å². The molecule has 2 aromatic heterocycles. The maximum Gasteiger partial charge on any atom is 0.238 e. The van der Waals surface area contributed by atoms with Crippen molar-refractivity contribution >= 4 is 41.9 Å². The lowest BCUT2D eigenvalue weighted by Crippen LogP contribution is -2.08. The molecule has 0 radical (unpaired) electrons. The molecule has 0 fully saturated rings. The van der Waals surface area contributed by atoms with Gasteiger partial charge in [0.15, 0.2) is 11.6 Å². The van der Waals surface area contributed by atoms with Gasteiger partial charge in [-0.05, 0) is 120 Å². The average molecular weight is 999 g/mol. The predicted octanol–water partition coefficient (Wildman–Crippen LogP) is 18.7. The van der Waals surface area contributed by atoms with Gasteiger partial charge in [-0.15, -0.1) is 20.1 Å². The van der Waals surface area contributed by atoms with Gasteiger partial charge in [0.1, 0.15) is 0 Å². The fourth-order valence-corrected chi connectivity index (χ4v) is 18.6. The summed E-state index contributed by atoms with van der Waals surface area (Å²) in [6, 6.07) is 110. The Morgan fingerprint density at radius 2 is 0.547 bits per heavy atom. The summed E-state index contributed by atoms with van der Waals surface area (Å²) in [5.74, 6) is 1.74. The third kappa shape index (κ3) is 8.03. The van der Waals surface area contributed by atoms with Crippen LogP contribution in [0.1, 0.15) is 0 Å². The average Bonchev–Trinajstić information content (AvgIpc) is 3.84. The van der Waals surface area contributed by atoms with Gasteiger partial charge in [0.05, 0.1) is 11.0 Å². The molecule has 0 bridgehead atoms. The van der Waals surface area contributed by atoms with Gasteiger partial charge in [-0.2, -0.15) is 9.97 Å².